The molecule has 1 aromatic heterocycles. The van der Waals surface area contributed by atoms with E-state index in [0.29, 0.717) is 18.5 Å². The number of rotatable bonds is 4. The first-order chi connectivity index (χ1) is 11.7. The molecule has 0 fully saturated rings. The maximum absolute atomic E-state index is 11.7. The molecule has 0 saturated heterocycles. The van der Waals surface area contributed by atoms with Gasteiger partial charge in [-0.1, -0.05) is 6.08 Å². The summed E-state index contributed by atoms with van der Waals surface area (Å²) in [4.78, 5) is 24.8. The lowest BCUT2D eigenvalue weighted by atomic mass is 9.87. The molecule has 1 aliphatic heterocycles. The monoisotopic (exact) mass is 341 g/mol. The zero-order valence-electron chi connectivity index (χ0n) is 15.0. The molecule has 5 heteroatoms. The minimum Gasteiger partial charge on any atom is -0.481 e. The van der Waals surface area contributed by atoms with Crippen molar-refractivity contribution in [3.05, 3.63) is 45.8 Å². The van der Waals surface area contributed by atoms with Crippen molar-refractivity contribution < 1.29 is 14.3 Å². The van der Waals surface area contributed by atoms with Gasteiger partial charge in [0.1, 0.15) is 5.58 Å². The van der Waals surface area contributed by atoms with Gasteiger partial charge in [-0.05, 0) is 51.3 Å². The third-order valence-electron chi connectivity index (χ3n) is 4.82. The minimum absolute atomic E-state index is 0.131. The molecule has 0 spiro atoms. The molecule has 0 unspecified atom stereocenters. The van der Waals surface area contributed by atoms with E-state index in [1.54, 1.807) is 0 Å². The number of benzene rings is 1. The van der Waals surface area contributed by atoms with Crippen molar-refractivity contribution in [2.24, 2.45) is 0 Å². The number of hydrogen-bond acceptors (Lipinski definition) is 4. The van der Waals surface area contributed by atoms with E-state index in [4.69, 9.17) is 9.52 Å². The summed E-state index contributed by atoms with van der Waals surface area (Å²) in [7, 11) is 0. The van der Waals surface area contributed by atoms with Gasteiger partial charge in [-0.2, -0.15) is 0 Å². The number of carbonyl (C=O) groups is 1. The zero-order valence-corrected chi connectivity index (χ0v) is 15.0. The van der Waals surface area contributed by atoms with E-state index < -0.39 is 5.97 Å². The van der Waals surface area contributed by atoms with E-state index in [1.807, 2.05) is 13.0 Å². The maximum atomic E-state index is 11.7. The molecule has 0 atom stereocenters. The molecule has 1 aromatic carbocycles. The Morgan fingerprint density at radius 3 is 2.64 bits per heavy atom. The molecule has 1 aliphatic rings. The van der Waals surface area contributed by atoms with E-state index in [1.165, 1.54) is 11.6 Å². The summed E-state index contributed by atoms with van der Waals surface area (Å²) < 4.78 is 5.41. The zero-order chi connectivity index (χ0) is 18.4. The molecule has 0 radical (unpaired) electrons. The van der Waals surface area contributed by atoms with Crippen LogP contribution in [0.15, 0.2) is 33.5 Å². The third-order valence-corrected chi connectivity index (χ3v) is 4.82. The highest BCUT2D eigenvalue weighted by atomic mass is 16.4. The van der Waals surface area contributed by atoms with E-state index >= 15 is 0 Å². The van der Waals surface area contributed by atoms with Gasteiger partial charge in [0, 0.05) is 41.7 Å². The molecular weight excluding hydrogens is 318 g/mol. The van der Waals surface area contributed by atoms with Crippen LogP contribution < -0.4 is 10.5 Å². The maximum Gasteiger partial charge on any atom is 0.336 e. The average Bonchev–Trinajstić information content (AvgIpc) is 2.48. The molecular formula is C20H23NO4. The standard InChI is InChI=1S/C20H23NO4/c1-12-8-19(24)25-17-10-16-14(9-15(12)17)13(2)11-20(3,4)21(16)7-5-6-18(22)23/h8-11H,5-7H2,1-4H3,(H,22,23). The minimum atomic E-state index is -0.790. The van der Waals surface area contributed by atoms with Crippen molar-refractivity contribution in [2.45, 2.75) is 46.1 Å². The number of allylic oxidation sites excluding steroid dienone is 1. The Labute approximate surface area is 146 Å². The second-order valence-corrected chi connectivity index (χ2v) is 7.24. The summed E-state index contributed by atoms with van der Waals surface area (Å²) in [6, 6.07) is 5.48. The summed E-state index contributed by atoms with van der Waals surface area (Å²) in [5.41, 5.74) is 4.11. The molecule has 3 rings (SSSR count). The fourth-order valence-corrected chi connectivity index (χ4v) is 3.69. The Morgan fingerprint density at radius 1 is 1.24 bits per heavy atom. The highest BCUT2D eigenvalue weighted by Crippen LogP contribution is 2.41. The van der Waals surface area contributed by atoms with Crippen LogP contribution in [0.4, 0.5) is 5.69 Å². The van der Waals surface area contributed by atoms with Gasteiger partial charge in [0.2, 0.25) is 0 Å². The van der Waals surface area contributed by atoms with E-state index in [-0.39, 0.29) is 17.6 Å². The Balaban J connectivity index is 2.15. The first-order valence-electron chi connectivity index (χ1n) is 8.47. The molecule has 0 aliphatic carbocycles. The summed E-state index contributed by atoms with van der Waals surface area (Å²) in [5, 5.41) is 9.86. The molecule has 0 amide bonds. The van der Waals surface area contributed by atoms with Crippen LogP contribution in [0, 0.1) is 6.92 Å². The predicted octanol–water partition coefficient (Wildman–Crippen LogP) is 3.97. The van der Waals surface area contributed by atoms with Crippen LogP contribution in [0.5, 0.6) is 0 Å². The number of aryl methyl sites for hydroxylation is 1. The second kappa shape index (κ2) is 6.06. The van der Waals surface area contributed by atoms with Gasteiger partial charge < -0.3 is 14.4 Å². The van der Waals surface area contributed by atoms with Crippen molar-refractivity contribution in [2.75, 3.05) is 11.4 Å². The number of carboxylic acid groups (broad SMARTS) is 1. The lowest BCUT2D eigenvalue weighted by Crippen LogP contribution is -2.45. The third kappa shape index (κ3) is 3.18. The highest BCUT2D eigenvalue weighted by molar-refractivity contribution is 5.93. The first-order valence-corrected chi connectivity index (χ1v) is 8.47. The van der Waals surface area contributed by atoms with Crippen molar-refractivity contribution in [1.82, 2.24) is 0 Å². The smallest absolute Gasteiger partial charge is 0.336 e. The number of aliphatic carboxylic acids is 1. The van der Waals surface area contributed by atoms with Crippen LogP contribution >= 0.6 is 0 Å². The molecule has 132 valence electrons. The topological polar surface area (TPSA) is 70.8 Å². The fourth-order valence-electron chi connectivity index (χ4n) is 3.69. The van der Waals surface area contributed by atoms with Crippen molar-refractivity contribution in [1.29, 1.82) is 0 Å². The molecule has 25 heavy (non-hydrogen) atoms. The van der Waals surface area contributed by atoms with Gasteiger partial charge in [-0.25, -0.2) is 4.79 Å². The summed E-state index contributed by atoms with van der Waals surface area (Å²) in [6.07, 6.45) is 2.89. The Morgan fingerprint density at radius 2 is 1.96 bits per heavy atom. The van der Waals surface area contributed by atoms with Crippen molar-refractivity contribution in [3.63, 3.8) is 0 Å². The van der Waals surface area contributed by atoms with E-state index in [0.717, 1.165) is 22.2 Å². The second-order valence-electron chi connectivity index (χ2n) is 7.24. The summed E-state index contributed by atoms with van der Waals surface area (Å²) in [6.45, 7) is 8.82. The number of nitrogens with zero attached hydrogens (tertiary/aromatic N) is 1. The summed E-state index contributed by atoms with van der Waals surface area (Å²) in [5.74, 6) is -0.790. The van der Waals surface area contributed by atoms with Gasteiger partial charge in [-0.3, -0.25) is 4.79 Å². The van der Waals surface area contributed by atoms with Crippen LogP contribution in [-0.2, 0) is 4.79 Å². The van der Waals surface area contributed by atoms with Gasteiger partial charge in [-0.15, -0.1) is 0 Å². The van der Waals surface area contributed by atoms with Crippen LogP contribution in [0.25, 0.3) is 16.5 Å². The van der Waals surface area contributed by atoms with Crippen LogP contribution in [0.3, 0.4) is 0 Å². The molecule has 1 N–H and O–H groups in total. The normalized spacial score (nSPS) is 15.8. The lowest BCUT2D eigenvalue weighted by Gasteiger charge is -2.43. The molecule has 0 saturated carbocycles. The van der Waals surface area contributed by atoms with Crippen LogP contribution in [-0.4, -0.2) is 23.2 Å². The highest BCUT2D eigenvalue weighted by Gasteiger charge is 2.31. The molecule has 2 aromatic rings. The number of fused-ring (bicyclic) bond motifs is 2. The SMILES string of the molecule is CC1=CC(C)(C)N(CCCC(=O)O)c2cc3oc(=O)cc(C)c3cc21. The Hall–Kier alpha value is -2.56. The lowest BCUT2D eigenvalue weighted by molar-refractivity contribution is -0.137. The number of hydrogen-bond donors (Lipinski definition) is 1. The average molecular weight is 341 g/mol. The first kappa shape index (κ1) is 17.3. The van der Waals surface area contributed by atoms with Crippen LogP contribution in [0.2, 0.25) is 0 Å². The van der Waals surface area contributed by atoms with Gasteiger partial charge in [0.25, 0.3) is 0 Å². The number of carboxylic acids is 1. The largest absolute Gasteiger partial charge is 0.481 e. The molecule has 0 bridgehead atoms. The molecule has 2 heterocycles. The van der Waals surface area contributed by atoms with Gasteiger partial charge in [0.15, 0.2) is 0 Å². The number of anilines is 1. The van der Waals surface area contributed by atoms with Crippen molar-refractivity contribution in [3.8, 4) is 0 Å². The van der Waals surface area contributed by atoms with Crippen LogP contribution in [0.1, 0.15) is 44.7 Å². The Kier molecular flexibility index (Phi) is 4.19. The van der Waals surface area contributed by atoms with Crippen molar-refractivity contribution >= 4 is 28.2 Å². The van der Waals surface area contributed by atoms with E-state index in [2.05, 4.69) is 37.8 Å². The predicted molar refractivity (Wildman–Crippen MR) is 99.2 cm³/mol. The van der Waals surface area contributed by atoms with Gasteiger partial charge in [0.05, 0.1) is 5.54 Å². The molecule has 5 nitrogen and oxygen atoms in total. The fraction of sp³-hybridized carbons (Fsp3) is 0.400. The van der Waals surface area contributed by atoms with Gasteiger partial charge >= 0.3 is 11.6 Å². The Bertz CT molecular complexity index is 937. The summed E-state index contributed by atoms with van der Waals surface area (Å²) >= 11 is 0. The quantitative estimate of drug-likeness (QED) is 0.852. The van der Waals surface area contributed by atoms with E-state index in [9.17, 15) is 9.59 Å².